The summed E-state index contributed by atoms with van der Waals surface area (Å²) in [5.41, 5.74) is 2.57. The molecule has 2 aliphatic rings. The quantitative estimate of drug-likeness (QED) is 0.461. The third kappa shape index (κ3) is 5.33. The molecule has 39 heavy (non-hydrogen) atoms. The average Bonchev–Trinajstić information content (AvgIpc) is 3.00. The SMILES string of the molecule is [2H]C([2H])=C([2H])C(=O)N1CCN(C2(c3ccc([C@H](C)Nc4ncc5ccc(=O)n(C(C)C)c5n4)cc3)CCOCC2)CC1. The minimum absolute atomic E-state index is 0.0267. The van der Waals surface area contributed by atoms with Gasteiger partial charge in [-0.2, -0.15) is 4.98 Å². The number of hydrogen-bond donors (Lipinski definition) is 1. The van der Waals surface area contributed by atoms with Crippen LogP contribution in [0.5, 0.6) is 0 Å². The molecule has 206 valence electrons. The second-order valence-corrected chi connectivity index (χ2v) is 10.6. The van der Waals surface area contributed by atoms with Gasteiger partial charge in [0.05, 0.1) is 15.7 Å². The first-order chi connectivity index (χ1) is 20.1. The molecule has 1 N–H and O–H groups in total. The van der Waals surface area contributed by atoms with Gasteiger partial charge in [-0.3, -0.25) is 19.1 Å². The maximum Gasteiger partial charge on any atom is 0.252 e. The van der Waals surface area contributed by atoms with E-state index in [1.165, 1.54) is 5.56 Å². The Morgan fingerprint density at radius 3 is 2.51 bits per heavy atom. The number of amides is 1. The summed E-state index contributed by atoms with van der Waals surface area (Å²) in [6.45, 7) is 8.72. The molecule has 2 fully saturated rings. The molecular formula is C30H38N6O3. The zero-order chi connectivity index (χ0) is 30.0. The maximum absolute atomic E-state index is 12.5. The van der Waals surface area contributed by atoms with Gasteiger partial charge in [0.2, 0.25) is 11.9 Å². The van der Waals surface area contributed by atoms with Gasteiger partial charge >= 0.3 is 0 Å². The van der Waals surface area contributed by atoms with Crippen molar-refractivity contribution in [3.8, 4) is 0 Å². The van der Waals surface area contributed by atoms with Crippen LogP contribution in [0.3, 0.4) is 0 Å². The van der Waals surface area contributed by atoms with Crippen LogP contribution in [0.25, 0.3) is 11.0 Å². The Bertz CT molecular complexity index is 1520. The highest BCUT2D eigenvalue weighted by Crippen LogP contribution is 2.39. The number of pyridine rings is 1. The van der Waals surface area contributed by atoms with Crippen molar-refractivity contribution in [3.05, 3.63) is 76.7 Å². The van der Waals surface area contributed by atoms with E-state index in [4.69, 9.17) is 8.85 Å². The summed E-state index contributed by atoms with van der Waals surface area (Å²) >= 11 is 0. The lowest BCUT2D eigenvalue weighted by Gasteiger charge is -2.50. The first kappa shape index (κ1) is 23.3. The first-order valence-electron chi connectivity index (χ1n) is 15.1. The van der Waals surface area contributed by atoms with Crippen LogP contribution in [0.2, 0.25) is 0 Å². The Balaban J connectivity index is 1.33. The summed E-state index contributed by atoms with van der Waals surface area (Å²) in [7, 11) is 0. The number of carbonyl (C=O) groups excluding carboxylic acids is 1. The van der Waals surface area contributed by atoms with Crippen LogP contribution in [-0.2, 0) is 15.1 Å². The summed E-state index contributed by atoms with van der Waals surface area (Å²) in [4.78, 5) is 38.1. The number of anilines is 1. The normalized spacial score (nSPS) is 19.7. The first-order valence-corrected chi connectivity index (χ1v) is 13.6. The van der Waals surface area contributed by atoms with E-state index >= 15 is 0 Å². The van der Waals surface area contributed by atoms with E-state index in [2.05, 4.69) is 51.4 Å². The smallest absolute Gasteiger partial charge is 0.252 e. The molecule has 1 atom stereocenters. The van der Waals surface area contributed by atoms with Crippen molar-refractivity contribution in [2.45, 2.75) is 51.2 Å². The predicted molar refractivity (Wildman–Crippen MR) is 153 cm³/mol. The number of nitrogens with one attached hydrogen (secondary N) is 1. The molecule has 4 heterocycles. The highest BCUT2D eigenvalue weighted by molar-refractivity contribution is 5.87. The van der Waals surface area contributed by atoms with Crippen molar-refractivity contribution < 1.29 is 13.6 Å². The van der Waals surface area contributed by atoms with Crippen molar-refractivity contribution >= 4 is 22.9 Å². The Labute approximate surface area is 233 Å². The van der Waals surface area contributed by atoms with E-state index in [0.29, 0.717) is 51.0 Å². The number of hydrogen-bond acceptors (Lipinski definition) is 7. The predicted octanol–water partition coefficient (Wildman–Crippen LogP) is 3.88. The highest BCUT2D eigenvalue weighted by Gasteiger charge is 2.41. The molecule has 2 saturated heterocycles. The number of ether oxygens (including phenoxy) is 1. The minimum Gasteiger partial charge on any atom is -0.381 e. The van der Waals surface area contributed by atoms with Gasteiger partial charge in [0.25, 0.3) is 5.56 Å². The molecule has 1 aromatic carbocycles. The molecular weight excluding hydrogens is 492 g/mol. The number of rotatable bonds is 7. The number of piperazine rings is 1. The summed E-state index contributed by atoms with van der Waals surface area (Å²) in [5, 5.41) is 4.20. The molecule has 0 aliphatic carbocycles. The number of carbonyl (C=O) groups is 1. The summed E-state index contributed by atoms with van der Waals surface area (Å²) in [5.74, 6) is -0.0922. The molecule has 3 aromatic rings. The van der Waals surface area contributed by atoms with Gasteiger partial charge in [-0.25, -0.2) is 4.98 Å². The largest absolute Gasteiger partial charge is 0.381 e. The number of nitrogens with zero attached hydrogens (tertiary/aromatic N) is 5. The van der Waals surface area contributed by atoms with E-state index in [-0.39, 0.29) is 23.2 Å². The second kappa shape index (κ2) is 11.3. The molecule has 1 amide bonds. The van der Waals surface area contributed by atoms with Crippen LogP contribution in [0.1, 0.15) is 60.9 Å². The summed E-state index contributed by atoms with van der Waals surface area (Å²) in [6, 6.07) is 11.2. The molecule has 9 heteroatoms. The van der Waals surface area contributed by atoms with Crippen LogP contribution in [0.4, 0.5) is 5.95 Å². The Hall–Kier alpha value is -3.56. The fraction of sp³-hybridized carbons (Fsp3) is 0.467. The van der Waals surface area contributed by atoms with Crippen molar-refractivity contribution in [2.24, 2.45) is 0 Å². The Kier molecular flexibility index (Phi) is 6.75. The molecule has 2 aliphatic heterocycles. The number of fused-ring (bicyclic) bond motifs is 1. The lowest BCUT2D eigenvalue weighted by molar-refractivity contribution is -0.130. The van der Waals surface area contributed by atoms with Crippen molar-refractivity contribution in [3.63, 3.8) is 0 Å². The van der Waals surface area contributed by atoms with Crippen molar-refractivity contribution in [2.75, 3.05) is 44.7 Å². The molecule has 0 bridgehead atoms. The van der Waals surface area contributed by atoms with Gasteiger partial charge in [0, 0.05) is 63.1 Å². The van der Waals surface area contributed by atoms with Crippen molar-refractivity contribution in [1.29, 1.82) is 0 Å². The van der Waals surface area contributed by atoms with E-state index in [9.17, 15) is 9.59 Å². The average molecular weight is 534 g/mol. The van der Waals surface area contributed by atoms with Gasteiger partial charge in [0.15, 0.2) is 0 Å². The monoisotopic (exact) mass is 533 g/mol. The van der Waals surface area contributed by atoms with Crippen LogP contribution >= 0.6 is 0 Å². The molecule has 5 rings (SSSR count). The third-order valence-corrected chi connectivity index (χ3v) is 8.08. The minimum atomic E-state index is -0.755. The fourth-order valence-corrected chi connectivity index (χ4v) is 5.88. The van der Waals surface area contributed by atoms with Crippen LogP contribution in [0.15, 0.2) is 60.0 Å². The second-order valence-electron chi connectivity index (χ2n) is 10.6. The molecule has 0 saturated carbocycles. The van der Waals surface area contributed by atoms with Crippen LogP contribution < -0.4 is 10.9 Å². The lowest BCUT2D eigenvalue weighted by atomic mass is 9.80. The van der Waals surface area contributed by atoms with Gasteiger partial charge < -0.3 is 15.0 Å². The topological polar surface area (TPSA) is 92.6 Å². The van der Waals surface area contributed by atoms with E-state index < -0.39 is 18.5 Å². The van der Waals surface area contributed by atoms with Gasteiger partial charge in [-0.05, 0) is 56.9 Å². The zero-order valence-corrected chi connectivity index (χ0v) is 22.8. The molecule has 0 radical (unpaired) electrons. The Morgan fingerprint density at radius 2 is 1.85 bits per heavy atom. The van der Waals surface area contributed by atoms with Gasteiger partial charge in [-0.1, -0.05) is 30.8 Å². The van der Waals surface area contributed by atoms with Crippen molar-refractivity contribution in [1.82, 2.24) is 24.3 Å². The number of benzene rings is 1. The molecule has 9 nitrogen and oxygen atoms in total. The van der Waals surface area contributed by atoms with Gasteiger partial charge in [-0.15, -0.1) is 0 Å². The van der Waals surface area contributed by atoms with E-state index in [0.717, 1.165) is 23.8 Å². The zero-order valence-electron chi connectivity index (χ0n) is 25.8. The standard InChI is InChI=1S/C30H38N6O3/c1-5-26(37)34-14-16-35(17-15-34)30(12-18-39-19-13-30)25-9-6-23(7-10-25)22(4)32-29-31-20-24-8-11-27(38)36(21(2)3)28(24)33-29/h5-11,20-22H,1,12-19H2,2-4H3,(H,31,32,33)/t22-/m0/s1/i1D2,5D. The van der Waals surface area contributed by atoms with E-state index in [1.54, 1.807) is 27.8 Å². The Morgan fingerprint density at radius 1 is 1.13 bits per heavy atom. The highest BCUT2D eigenvalue weighted by atomic mass is 16.5. The molecule has 2 aromatic heterocycles. The molecule has 0 unspecified atom stereocenters. The van der Waals surface area contributed by atoms with Crippen LogP contribution in [0, 0.1) is 0 Å². The lowest BCUT2D eigenvalue weighted by Crippen LogP contribution is -2.58. The van der Waals surface area contributed by atoms with E-state index in [1.807, 2.05) is 13.8 Å². The summed E-state index contributed by atoms with van der Waals surface area (Å²) < 4.78 is 29.8. The van der Waals surface area contributed by atoms with Crippen LogP contribution in [-0.4, -0.2) is 69.6 Å². The fourth-order valence-electron chi connectivity index (χ4n) is 5.88. The summed E-state index contributed by atoms with van der Waals surface area (Å²) in [6.07, 6.45) is 3.41. The maximum atomic E-state index is 12.5. The number of aromatic nitrogens is 3. The van der Waals surface area contributed by atoms with Gasteiger partial charge in [0.1, 0.15) is 5.65 Å². The molecule has 0 spiro atoms. The third-order valence-electron chi connectivity index (χ3n) is 8.08.